The van der Waals surface area contributed by atoms with Crippen molar-refractivity contribution >= 4 is 11.5 Å². The highest BCUT2D eigenvalue weighted by Crippen LogP contribution is 2.23. The van der Waals surface area contributed by atoms with Crippen molar-refractivity contribution in [3.63, 3.8) is 0 Å². The second-order valence-corrected chi connectivity index (χ2v) is 6.67. The fourth-order valence-corrected chi connectivity index (χ4v) is 3.38. The molecule has 0 radical (unpaired) electrons. The van der Waals surface area contributed by atoms with Gasteiger partial charge in [-0.15, -0.1) is 0 Å². The van der Waals surface area contributed by atoms with Crippen LogP contribution in [-0.2, 0) is 0 Å². The summed E-state index contributed by atoms with van der Waals surface area (Å²) < 4.78 is 1.76. The number of nitriles is 1. The molecule has 0 unspecified atom stereocenters. The second kappa shape index (κ2) is 7.08. The monoisotopic (exact) mass is 359 g/mol. The molecule has 4 rings (SSSR count). The Bertz CT molecular complexity index is 980. The Kier molecular flexibility index (Phi) is 4.47. The van der Waals surface area contributed by atoms with Gasteiger partial charge in [-0.1, -0.05) is 0 Å². The fraction of sp³-hybridized carbons (Fsp3) is 0.300. The molecule has 0 bridgehead atoms. The van der Waals surface area contributed by atoms with Crippen LogP contribution in [0.15, 0.2) is 42.7 Å². The number of aryl methyl sites for hydroxylation is 2. The van der Waals surface area contributed by atoms with Gasteiger partial charge in [0.25, 0.3) is 0 Å². The standard InChI is InChI=1S/C20H21N7/c1-15-12-18(5-4-17(15)14-21)25-8-10-26(11-9-25)19-13-20(24-16(2)23-19)27-7-3-6-22-27/h3-7,12-13H,8-11H2,1-2H3. The first-order chi connectivity index (χ1) is 13.1. The Labute approximate surface area is 158 Å². The van der Waals surface area contributed by atoms with E-state index < -0.39 is 0 Å². The number of piperazine rings is 1. The van der Waals surface area contributed by atoms with Crippen molar-refractivity contribution in [2.24, 2.45) is 0 Å². The molecule has 0 saturated carbocycles. The van der Waals surface area contributed by atoms with E-state index in [0.717, 1.165) is 54.8 Å². The first-order valence-corrected chi connectivity index (χ1v) is 9.00. The molecule has 136 valence electrons. The van der Waals surface area contributed by atoms with Gasteiger partial charge in [0.05, 0.1) is 11.6 Å². The number of hydrogen-bond donors (Lipinski definition) is 0. The van der Waals surface area contributed by atoms with Crippen LogP contribution in [0.4, 0.5) is 11.5 Å². The van der Waals surface area contributed by atoms with Crippen LogP contribution in [0.5, 0.6) is 0 Å². The first kappa shape index (κ1) is 17.0. The molecule has 1 aromatic carbocycles. The molecular weight excluding hydrogens is 338 g/mol. The van der Waals surface area contributed by atoms with Crippen LogP contribution in [0.3, 0.4) is 0 Å². The predicted molar refractivity (Wildman–Crippen MR) is 104 cm³/mol. The normalized spacial score (nSPS) is 14.3. The Morgan fingerprint density at radius 2 is 1.70 bits per heavy atom. The smallest absolute Gasteiger partial charge is 0.159 e. The highest BCUT2D eigenvalue weighted by atomic mass is 15.3. The van der Waals surface area contributed by atoms with E-state index in [9.17, 15) is 0 Å². The largest absolute Gasteiger partial charge is 0.368 e. The number of rotatable bonds is 3. The van der Waals surface area contributed by atoms with Crippen LogP contribution in [0.2, 0.25) is 0 Å². The lowest BCUT2D eigenvalue weighted by Crippen LogP contribution is -2.47. The number of benzene rings is 1. The molecule has 0 amide bonds. The zero-order chi connectivity index (χ0) is 18.8. The Balaban J connectivity index is 1.50. The van der Waals surface area contributed by atoms with Crippen molar-refractivity contribution in [3.05, 3.63) is 59.7 Å². The molecule has 0 aliphatic carbocycles. The number of nitrogens with zero attached hydrogens (tertiary/aromatic N) is 7. The third-order valence-corrected chi connectivity index (χ3v) is 4.85. The van der Waals surface area contributed by atoms with Gasteiger partial charge < -0.3 is 9.80 Å². The first-order valence-electron chi connectivity index (χ1n) is 9.00. The van der Waals surface area contributed by atoms with Gasteiger partial charge in [0.2, 0.25) is 0 Å². The molecule has 1 aliphatic heterocycles. The molecule has 0 N–H and O–H groups in total. The van der Waals surface area contributed by atoms with E-state index in [2.05, 4.69) is 37.0 Å². The van der Waals surface area contributed by atoms with Crippen LogP contribution in [0.25, 0.3) is 5.82 Å². The summed E-state index contributed by atoms with van der Waals surface area (Å²) in [7, 11) is 0. The molecule has 2 aromatic heterocycles. The molecule has 27 heavy (non-hydrogen) atoms. The van der Waals surface area contributed by atoms with E-state index in [1.54, 1.807) is 10.9 Å². The van der Waals surface area contributed by atoms with E-state index in [1.165, 1.54) is 5.69 Å². The molecule has 3 aromatic rings. The summed E-state index contributed by atoms with van der Waals surface area (Å²) in [6.45, 7) is 7.48. The molecule has 7 nitrogen and oxygen atoms in total. The number of anilines is 2. The summed E-state index contributed by atoms with van der Waals surface area (Å²) in [6.07, 6.45) is 3.63. The van der Waals surface area contributed by atoms with Gasteiger partial charge in [-0.2, -0.15) is 10.4 Å². The Morgan fingerprint density at radius 3 is 2.37 bits per heavy atom. The van der Waals surface area contributed by atoms with Gasteiger partial charge in [-0.25, -0.2) is 14.6 Å². The van der Waals surface area contributed by atoms with Crippen molar-refractivity contribution in [2.75, 3.05) is 36.0 Å². The topological polar surface area (TPSA) is 73.9 Å². The molecule has 3 heterocycles. The summed E-state index contributed by atoms with van der Waals surface area (Å²) in [4.78, 5) is 13.7. The average molecular weight is 359 g/mol. The van der Waals surface area contributed by atoms with Crippen molar-refractivity contribution in [3.8, 4) is 11.9 Å². The second-order valence-electron chi connectivity index (χ2n) is 6.67. The summed E-state index contributed by atoms with van der Waals surface area (Å²) in [5, 5.41) is 13.4. The van der Waals surface area contributed by atoms with Gasteiger partial charge >= 0.3 is 0 Å². The van der Waals surface area contributed by atoms with E-state index in [4.69, 9.17) is 5.26 Å². The SMILES string of the molecule is Cc1nc(N2CCN(c3ccc(C#N)c(C)c3)CC2)cc(-n2cccn2)n1. The van der Waals surface area contributed by atoms with Crippen LogP contribution in [-0.4, -0.2) is 45.9 Å². The van der Waals surface area contributed by atoms with Crippen LogP contribution < -0.4 is 9.80 Å². The van der Waals surface area contributed by atoms with Crippen molar-refractivity contribution in [1.29, 1.82) is 5.26 Å². The summed E-state index contributed by atoms with van der Waals surface area (Å²) in [5.41, 5.74) is 2.93. The van der Waals surface area contributed by atoms with Gasteiger partial charge in [0, 0.05) is 50.3 Å². The third-order valence-electron chi connectivity index (χ3n) is 4.85. The highest BCUT2D eigenvalue weighted by Gasteiger charge is 2.20. The van der Waals surface area contributed by atoms with Gasteiger partial charge in [0.15, 0.2) is 5.82 Å². The molecule has 1 fully saturated rings. The zero-order valence-corrected chi connectivity index (χ0v) is 15.5. The molecule has 7 heteroatoms. The minimum atomic E-state index is 0.736. The van der Waals surface area contributed by atoms with Gasteiger partial charge in [0.1, 0.15) is 11.6 Å². The maximum absolute atomic E-state index is 9.11. The minimum Gasteiger partial charge on any atom is -0.368 e. The van der Waals surface area contributed by atoms with E-state index in [-0.39, 0.29) is 0 Å². The highest BCUT2D eigenvalue weighted by molar-refractivity contribution is 5.55. The average Bonchev–Trinajstić information content (AvgIpc) is 3.22. The van der Waals surface area contributed by atoms with Crippen LogP contribution in [0, 0.1) is 25.2 Å². The summed E-state index contributed by atoms with van der Waals surface area (Å²) in [5.74, 6) is 2.46. The molecule has 1 saturated heterocycles. The zero-order valence-electron chi connectivity index (χ0n) is 15.5. The van der Waals surface area contributed by atoms with E-state index >= 15 is 0 Å². The van der Waals surface area contributed by atoms with Crippen LogP contribution in [0.1, 0.15) is 17.0 Å². The van der Waals surface area contributed by atoms with E-state index in [0.29, 0.717) is 0 Å². The fourth-order valence-electron chi connectivity index (χ4n) is 3.38. The lowest BCUT2D eigenvalue weighted by Gasteiger charge is -2.37. The molecule has 0 atom stereocenters. The van der Waals surface area contributed by atoms with E-state index in [1.807, 2.05) is 44.3 Å². The Morgan fingerprint density at radius 1 is 0.963 bits per heavy atom. The van der Waals surface area contributed by atoms with Gasteiger partial charge in [-0.05, 0) is 43.7 Å². The maximum atomic E-state index is 9.11. The summed E-state index contributed by atoms with van der Waals surface area (Å²) >= 11 is 0. The lowest BCUT2D eigenvalue weighted by atomic mass is 10.1. The quantitative estimate of drug-likeness (QED) is 0.715. The number of hydrogen-bond acceptors (Lipinski definition) is 6. The lowest BCUT2D eigenvalue weighted by molar-refractivity contribution is 0.644. The molecule has 1 aliphatic rings. The predicted octanol–water partition coefficient (Wildman–Crippen LogP) is 2.48. The molecular formula is C20H21N7. The summed E-state index contributed by atoms with van der Waals surface area (Å²) in [6, 6.07) is 12.1. The minimum absolute atomic E-state index is 0.736. The third kappa shape index (κ3) is 3.47. The Hall–Kier alpha value is -3.40. The van der Waals surface area contributed by atoms with Gasteiger partial charge in [-0.3, -0.25) is 0 Å². The number of aromatic nitrogens is 4. The maximum Gasteiger partial charge on any atom is 0.159 e. The molecule has 0 spiro atoms. The van der Waals surface area contributed by atoms with Crippen molar-refractivity contribution in [2.45, 2.75) is 13.8 Å². The van der Waals surface area contributed by atoms with Crippen molar-refractivity contribution < 1.29 is 0 Å². The van der Waals surface area contributed by atoms with Crippen molar-refractivity contribution in [1.82, 2.24) is 19.7 Å². The van der Waals surface area contributed by atoms with Crippen LogP contribution >= 0.6 is 0 Å².